The highest BCUT2D eigenvalue weighted by atomic mass is 16.5. The van der Waals surface area contributed by atoms with Crippen LogP contribution in [0.25, 0.3) is 6.08 Å². The molecule has 16 heavy (non-hydrogen) atoms. The van der Waals surface area contributed by atoms with Gasteiger partial charge in [0.2, 0.25) is 5.91 Å². The van der Waals surface area contributed by atoms with E-state index in [4.69, 9.17) is 4.74 Å². The Morgan fingerprint density at radius 3 is 2.69 bits per heavy atom. The van der Waals surface area contributed by atoms with Gasteiger partial charge in [0.1, 0.15) is 5.75 Å². The first kappa shape index (κ1) is 12.0. The van der Waals surface area contributed by atoms with E-state index in [0.717, 1.165) is 11.3 Å². The molecule has 0 radical (unpaired) electrons. The van der Waals surface area contributed by atoms with E-state index < -0.39 is 0 Å². The van der Waals surface area contributed by atoms with E-state index in [-0.39, 0.29) is 5.91 Å². The van der Waals surface area contributed by atoms with Crippen LogP contribution >= 0.6 is 0 Å². The Morgan fingerprint density at radius 2 is 2.12 bits per heavy atom. The summed E-state index contributed by atoms with van der Waals surface area (Å²) in [6.45, 7) is 4.00. The number of carbonyl (C=O) groups is 1. The van der Waals surface area contributed by atoms with E-state index in [2.05, 4.69) is 11.9 Å². The molecule has 1 aromatic rings. The van der Waals surface area contributed by atoms with Gasteiger partial charge in [-0.25, -0.2) is 0 Å². The smallest absolute Gasteiger partial charge is 0.244 e. The summed E-state index contributed by atoms with van der Waals surface area (Å²) in [4.78, 5) is 11.2. The first-order valence-electron chi connectivity index (χ1n) is 4.97. The summed E-state index contributed by atoms with van der Waals surface area (Å²) in [5.74, 6) is 0.670. The number of carbonyl (C=O) groups excluding carboxylic acids is 1. The van der Waals surface area contributed by atoms with E-state index in [1.54, 1.807) is 19.3 Å². The number of methoxy groups -OCH3 is 1. The van der Waals surface area contributed by atoms with Crippen molar-refractivity contribution in [2.24, 2.45) is 0 Å². The van der Waals surface area contributed by atoms with Crippen molar-refractivity contribution in [3.05, 3.63) is 48.6 Å². The summed E-state index contributed by atoms with van der Waals surface area (Å²) in [6, 6.07) is 7.47. The molecule has 3 nitrogen and oxygen atoms in total. The quantitative estimate of drug-likeness (QED) is 0.605. The lowest BCUT2D eigenvalue weighted by Gasteiger charge is -1.99. The van der Waals surface area contributed by atoms with Gasteiger partial charge in [0.25, 0.3) is 0 Å². The van der Waals surface area contributed by atoms with E-state index in [1.807, 2.05) is 24.3 Å². The minimum absolute atomic E-state index is 0.129. The van der Waals surface area contributed by atoms with Gasteiger partial charge in [0, 0.05) is 12.6 Å². The number of hydrogen-bond donors (Lipinski definition) is 1. The van der Waals surface area contributed by atoms with Crippen LogP contribution in [0, 0.1) is 0 Å². The molecule has 0 aliphatic heterocycles. The van der Waals surface area contributed by atoms with Gasteiger partial charge in [-0.15, -0.1) is 6.58 Å². The zero-order chi connectivity index (χ0) is 11.8. The zero-order valence-corrected chi connectivity index (χ0v) is 9.27. The molecule has 0 heterocycles. The van der Waals surface area contributed by atoms with Crippen molar-refractivity contribution in [3.63, 3.8) is 0 Å². The number of benzene rings is 1. The van der Waals surface area contributed by atoms with Gasteiger partial charge in [-0.1, -0.05) is 18.2 Å². The van der Waals surface area contributed by atoms with Crippen LogP contribution in [0.3, 0.4) is 0 Å². The van der Waals surface area contributed by atoms with Gasteiger partial charge in [-0.2, -0.15) is 0 Å². The largest absolute Gasteiger partial charge is 0.497 e. The maximum Gasteiger partial charge on any atom is 0.244 e. The Balaban J connectivity index is 2.55. The molecule has 1 aromatic carbocycles. The van der Waals surface area contributed by atoms with Crippen LogP contribution in [-0.4, -0.2) is 19.6 Å². The standard InChI is InChI=1S/C13H15NO2/c1-3-10-14-13(15)9-6-11-4-7-12(16-2)8-5-11/h3-9H,1,10H2,2H3,(H,14,15)/b9-6+. The average Bonchev–Trinajstić information content (AvgIpc) is 2.34. The fourth-order valence-electron chi connectivity index (χ4n) is 1.12. The SMILES string of the molecule is C=CCNC(=O)/C=C/c1ccc(OC)cc1. The normalized spacial score (nSPS) is 10.1. The maximum absolute atomic E-state index is 11.2. The molecule has 0 saturated carbocycles. The van der Waals surface area contributed by atoms with Gasteiger partial charge in [0.15, 0.2) is 0 Å². The second-order valence-electron chi connectivity index (χ2n) is 3.14. The summed E-state index contributed by atoms with van der Waals surface area (Å²) in [6.07, 6.45) is 4.88. The van der Waals surface area contributed by atoms with Crippen molar-refractivity contribution in [2.45, 2.75) is 0 Å². The lowest BCUT2D eigenvalue weighted by atomic mass is 10.2. The number of nitrogens with one attached hydrogen (secondary N) is 1. The number of hydrogen-bond acceptors (Lipinski definition) is 2. The van der Waals surface area contributed by atoms with Crippen molar-refractivity contribution >= 4 is 12.0 Å². The van der Waals surface area contributed by atoms with Crippen molar-refractivity contribution in [3.8, 4) is 5.75 Å². The number of amides is 1. The molecule has 0 atom stereocenters. The minimum atomic E-state index is -0.129. The molecule has 0 spiro atoms. The van der Waals surface area contributed by atoms with Crippen LogP contribution in [0.4, 0.5) is 0 Å². The third kappa shape index (κ3) is 4.00. The van der Waals surface area contributed by atoms with Gasteiger partial charge >= 0.3 is 0 Å². The Labute approximate surface area is 95.4 Å². The zero-order valence-electron chi connectivity index (χ0n) is 9.27. The van der Waals surface area contributed by atoms with Crippen molar-refractivity contribution in [2.75, 3.05) is 13.7 Å². The summed E-state index contributed by atoms with van der Waals surface area (Å²) in [5.41, 5.74) is 0.953. The molecule has 0 saturated heterocycles. The molecule has 0 aliphatic carbocycles. The molecule has 84 valence electrons. The minimum Gasteiger partial charge on any atom is -0.497 e. The Bertz CT molecular complexity index is 379. The molecule has 1 rings (SSSR count). The second kappa shape index (κ2) is 6.45. The molecule has 0 bridgehead atoms. The van der Waals surface area contributed by atoms with E-state index in [9.17, 15) is 4.79 Å². The third-order valence-corrected chi connectivity index (χ3v) is 1.96. The monoisotopic (exact) mass is 217 g/mol. The Morgan fingerprint density at radius 1 is 1.44 bits per heavy atom. The van der Waals surface area contributed by atoms with Crippen LogP contribution in [-0.2, 0) is 4.79 Å². The predicted octanol–water partition coefficient (Wildman–Crippen LogP) is 2.01. The van der Waals surface area contributed by atoms with Gasteiger partial charge in [0.05, 0.1) is 7.11 Å². The highest BCUT2D eigenvalue weighted by molar-refractivity contribution is 5.91. The van der Waals surface area contributed by atoms with E-state index in [0.29, 0.717) is 6.54 Å². The van der Waals surface area contributed by atoms with Crippen LogP contribution in [0.1, 0.15) is 5.56 Å². The molecule has 0 unspecified atom stereocenters. The first-order valence-corrected chi connectivity index (χ1v) is 4.97. The lowest BCUT2D eigenvalue weighted by molar-refractivity contribution is -0.116. The molecule has 0 fully saturated rings. The second-order valence-corrected chi connectivity index (χ2v) is 3.14. The fourth-order valence-corrected chi connectivity index (χ4v) is 1.12. The van der Waals surface area contributed by atoms with Gasteiger partial charge in [-0.05, 0) is 23.8 Å². The van der Waals surface area contributed by atoms with E-state index in [1.165, 1.54) is 6.08 Å². The summed E-state index contributed by atoms with van der Waals surface area (Å²) in [5, 5.41) is 2.66. The number of ether oxygens (including phenoxy) is 1. The first-order chi connectivity index (χ1) is 7.76. The molecular formula is C13H15NO2. The molecule has 0 aliphatic rings. The molecule has 3 heteroatoms. The summed E-state index contributed by atoms with van der Waals surface area (Å²) < 4.78 is 5.03. The van der Waals surface area contributed by atoms with Crippen LogP contribution in [0.5, 0.6) is 5.75 Å². The predicted molar refractivity (Wildman–Crippen MR) is 65.2 cm³/mol. The molecule has 1 amide bonds. The van der Waals surface area contributed by atoms with Gasteiger partial charge in [-0.3, -0.25) is 4.79 Å². The van der Waals surface area contributed by atoms with Crippen molar-refractivity contribution in [1.82, 2.24) is 5.32 Å². The molecular weight excluding hydrogens is 202 g/mol. The third-order valence-electron chi connectivity index (χ3n) is 1.96. The topological polar surface area (TPSA) is 38.3 Å². The van der Waals surface area contributed by atoms with Crippen LogP contribution in [0.2, 0.25) is 0 Å². The number of rotatable bonds is 5. The Kier molecular flexibility index (Phi) is 4.86. The summed E-state index contributed by atoms with van der Waals surface area (Å²) >= 11 is 0. The van der Waals surface area contributed by atoms with E-state index >= 15 is 0 Å². The fraction of sp³-hybridized carbons (Fsp3) is 0.154. The highest BCUT2D eigenvalue weighted by Gasteiger charge is 1.93. The highest BCUT2D eigenvalue weighted by Crippen LogP contribution is 2.11. The lowest BCUT2D eigenvalue weighted by Crippen LogP contribution is -2.20. The molecule has 1 N–H and O–H groups in total. The summed E-state index contributed by atoms with van der Waals surface area (Å²) in [7, 11) is 1.62. The molecule has 0 aromatic heterocycles. The van der Waals surface area contributed by atoms with Crippen molar-refractivity contribution in [1.29, 1.82) is 0 Å². The van der Waals surface area contributed by atoms with Crippen LogP contribution < -0.4 is 10.1 Å². The maximum atomic E-state index is 11.2. The van der Waals surface area contributed by atoms with Gasteiger partial charge < -0.3 is 10.1 Å². The van der Waals surface area contributed by atoms with Crippen molar-refractivity contribution < 1.29 is 9.53 Å². The Hall–Kier alpha value is -2.03. The average molecular weight is 217 g/mol. The van der Waals surface area contributed by atoms with Crippen LogP contribution in [0.15, 0.2) is 43.0 Å².